The van der Waals surface area contributed by atoms with Crippen molar-refractivity contribution in [2.24, 2.45) is 0 Å². The van der Waals surface area contributed by atoms with E-state index in [9.17, 15) is 0 Å². The Labute approximate surface area is 163 Å². The number of hydrogen-bond acceptors (Lipinski definition) is 7. The van der Waals surface area contributed by atoms with Crippen LogP contribution in [0.3, 0.4) is 0 Å². The van der Waals surface area contributed by atoms with E-state index < -0.39 is 0 Å². The van der Waals surface area contributed by atoms with Crippen molar-refractivity contribution in [1.29, 1.82) is 0 Å². The molecule has 2 aromatic heterocycles. The summed E-state index contributed by atoms with van der Waals surface area (Å²) in [6.07, 6.45) is 0.482. The first-order valence-electron chi connectivity index (χ1n) is 8.17. The average Bonchev–Trinajstić information content (AvgIpc) is 3.42. The highest BCUT2D eigenvalue weighted by Crippen LogP contribution is 2.35. The van der Waals surface area contributed by atoms with E-state index in [2.05, 4.69) is 15.1 Å². The predicted octanol–water partition coefficient (Wildman–Crippen LogP) is 4.83. The second-order valence-electron chi connectivity index (χ2n) is 5.89. The Balaban J connectivity index is 1.34. The van der Waals surface area contributed by atoms with Gasteiger partial charge in [-0.3, -0.25) is 0 Å². The standard InChI is InChI=1S/C19H12ClN3O3S/c20-13-4-1-11(2-5-13)14-9-27-18(21-14)8-17-22-19(23-26-17)12-3-6-15-16(7-12)25-10-24-15/h1-7,9H,8,10H2. The van der Waals surface area contributed by atoms with E-state index in [1.54, 1.807) is 11.3 Å². The van der Waals surface area contributed by atoms with Crippen LogP contribution in [0.4, 0.5) is 0 Å². The average molecular weight is 398 g/mol. The second kappa shape index (κ2) is 6.68. The van der Waals surface area contributed by atoms with Gasteiger partial charge in [0.15, 0.2) is 11.5 Å². The number of fused-ring (bicyclic) bond motifs is 1. The van der Waals surface area contributed by atoms with E-state index in [4.69, 9.17) is 25.6 Å². The van der Waals surface area contributed by atoms with Crippen LogP contribution in [-0.4, -0.2) is 21.9 Å². The van der Waals surface area contributed by atoms with Crippen molar-refractivity contribution in [1.82, 2.24) is 15.1 Å². The van der Waals surface area contributed by atoms with Gasteiger partial charge in [-0.15, -0.1) is 11.3 Å². The molecule has 134 valence electrons. The van der Waals surface area contributed by atoms with E-state index in [0.29, 0.717) is 28.9 Å². The Bertz CT molecular complexity index is 1110. The van der Waals surface area contributed by atoms with E-state index >= 15 is 0 Å². The van der Waals surface area contributed by atoms with Crippen LogP contribution in [0.5, 0.6) is 11.5 Å². The van der Waals surface area contributed by atoms with Crippen molar-refractivity contribution in [2.45, 2.75) is 6.42 Å². The number of nitrogens with zero attached hydrogens (tertiary/aromatic N) is 3. The lowest BCUT2D eigenvalue weighted by Crippen LogP contribution is -1.92. The smallest absolute Gasteiger partial charge is 0.233 e. The van der Waals surface area contributed by atoms with Crippen LogP contribution in [0.1, 0.15) is 10.9 Å². The van der Waals surface area contributed by atoms with E-state index in [1.807, 2.05) is 47.8 Å². The van der Waals surface area contributed by atoms with Gasteiger partial charge in [-0.25, -0.2) is 4.98 Å². The Hall–Kier alpha value is -2.90. The SMILES string of the molecule is Clc1ccc(-c2csc(Cc3nc(-c4ccc5c(c4)OCO5)no3)n2)cc1. The summed E-state index contributed by atoms with van der Waals surface area (Å²) in [5.74, 6) is 2.43. The fourth-order valence-electron chi connectivity index (χ4n) is 2.75. The van der Waals surface area contributed by atoms with E-state index in [1.165, 1.54) is 0 Å². The summed E-state index contributed by atoms with van der Waals surface area (Å²) in [5.41, 5.74) is 2.74. The first-order valence-corrected chi connectivity index (χ1v) is 9.43. The molecular weight excluding hydrogens is 386 g/mol. The van der Waals surface area contributed by atoms with Gasteiger partial charge in [-0.05, 0) is 30.3 Å². The van der Waals surface area contributed by atoms with Crippen LogP contribution in [0.2, 0.25) is 5.02 Å². The fraction of sp³-hybridized carbons (Fsp3) is 0.105. The van der Waals surface area contributed by atoms with Gasteiger partial charge < -0.3 is 14.0 Å². The zero-order valence-electron chi connectivity index (χ0n) is 13.9. The fourth-order valence-corrected chi connectivity index (χ4v) is 3.67. The number of rotatable bonds is 4. The summed E-state index contributed by atoms with van der Waals surface area (Å²) >= 11 is 7.49. The van der Waals surface area contributed by atoms with Crippen molar-refractivity contribution in [3.05, 3.63) is 63.8 Å². The van der Waals surface area contributed by atoms with Crippen molar-refractivity contribution in [2.75, 3.05) is 6.79 Å². The third-order valence-electron chi connectivity index (χ3n) is 4.09. The number of benzene rings is 2. The zero-order chi connectivity index (χ0) is 18.2. The molecule has 8 heteroatoms. The number of hydrogen-bond donors (Lipinski definition) is 0. The highest BCUT2D eigenvalue weighted by molar-refractivity contribution is 7.10. The molecule has 0 bridgehead atoms. The van der Waals surface area contributed by atoms with Crippen LogP contribution in [0.15, 0.2) is 52.4 Å². The molecule has 0 amide bonds. The Morgan fingerprint density at radius 2 is 1.78 bits per heavy atom. The largest absolute Gasteiger partial charge is 0.454 e. The second-order valence-corrected chi connectivity index (χ2v) is 7.27. The molecular formula is C19H12ClN3O3S. The molecule has 5 rings (SSSR count). The molecule has 0 radical (unpaired) electrons. The van der Waals surface area contributed by atoms with Gasteiger partial charge in [-0.1, -0.05) is 28.9 Å². The normalized spacial score (nSPS) is 12.5. The van der Waals surface area contributed by atoms with Gasteiger partial charge in [0.05, 0.1) is 12.1 Å². The van der Waals surface area contributed by atoms with E-state index in [0.717, 1.165) is 27.6 Å². The Morgan fingerprint density at radius 3 is 2.67 bits per heavy atom. The summed E-state index contributed by atoms with van der Waals surface area (Å²) in [6.45, 7) is 0.232. The minimum absolute atomic E-state index is 0.232. The zero-order valence-corrected chi connectivity index (χ0v) is 15.5. The maximum absolute atomic E-state index is 5.94. The summed E-state index contributed by atoms with van der Waals surface area (Å²) in [6, 6.07) is 13.2. The Morgan fingerprint density at radius 1 is 0.963 bits per heavy atom. The van der Waals surface area contributed by atoms with Crippen LogP contribution >= 0.6 is 22.9 Å². The first kappa shape index (κ1) is 16.3. The number of halogens is 1. The summed E-state index contributed by atoms with van der Waals surface area (Å²) < 4.78 is 16.1. The minimum Gasteiger partial charge on any atom is -0.454 e. The minimum atomic E-state index is 0.232. The van der Waals surface area contributed by atoms with Gasteiger partial charge in [-0.2, -0.15) is 4.98 Å². The van der Waals surface area contributed by atoms with Crippen LogP contribution < -0.4 is 9.47 Å². The highest BCUT2D eigenvalue weighted by atomic mass is 35.5. The molecule has 0 spiro atoms. The molecule has 1 aliphatic rings. The lowest BCUT2D eigenvalue weighted by atomic mass is 10.2. The van der Waals surface area contributed by atoms with Gasteiger partial charge in [0, 0.05) is 21.5 Å². The van der Waals surface area contributed by atoms with Crippen molar-refractivity contribution in [3.63, 3.8) is 0 Å². The molecule has 6 nitrogen and oxygen atoms in total. The van der Waals surface area contributed by atoms with Gasteiger partial charge >= 0.3 is 0 Å². The van der Waals surface area contributed by atoms with Crippen molar-refractivity contribution in [3.8, 4) is 34.1 Å². The first-order chi connectivity index (χ1) is 13.2. The maximum Gasteiger partial charge on any atom is 0.233 e. The molecule has 0 atom stereocenters. The van der Waals surface area contributed by atoms with Gasteiger partial charge in [0.25, 0.3) is 0 Å². The van der Waals surface area contributed by atoms with Crippen LogP contribution in [-0.2, 0) is 6.42 Å². The molecule has 0 saturated carbocycles. The molecule has 27 heavy (non-hydrogen) atoms. The summed E-state index contributed by atoms with van der Waals surface area (Å²) in [7, 11) is 0. The molecule has 4 aromatic rings. The lowest BCUT2D eigenvalue weighted by molar-refractivity contribution is 0.174. The molecule has 0 fully saturated rings. The quantitative estimate of drug-likeness (QED) is 0.491. The lowest BCUT2D eigenvalue weighted by Gasteiger charge is -1.97. The van der Waals surface area contributed by atoms with Crippen molar-refractivity contribution >= 4 is 22.9 Å². The number of ether oxygens (including phenoxy) is 2. The molecule has 0 aliphatic carbocycles. The molecule has 2 aromatic carbocycles. The predicted molar refractivity (Wildman–Crippen MR) is 101 cm³/mol. The van der Waals surface area contributed by atoms with Crippen LogP contribution in [0.25, 0.3) is 22.6 Å². The molecule has 0 unspecified atom stereocenters. The van der Waals surface area contributed by atoms with Gasteiger partial charge in [0.2, 0.25) is 18.5 Å². The number of aromatic nitrogens is 3. The monoisotopic (exact) mass is 397 g/mol. The molecule has 1 aliphatic heterocycles. The van der Waals surface area contributed by atoms with E-state index in [-0.39, 0.29) is 6.79 Å². The maximum atomic E-state index is 5.94. The Kier molecular flexibility index (Phi) is 4.03. The van der Waals surface area contributed by atoms with Crippen molar-refractivity contribution < 1.29 is 14.0 Å². The van der Waals surface area contributed by atoms with Gasteiger partial charge in [0.1, 0.15) is 5.01 Å². The molecule has 0 saturated heterocycles. The molecule has 3 heterocycles. The third kappa shape index (κ3) is 3.27. The molecule has 0 N–H and O–H groups in total. The highest BCUT2D eigenvalue weighted by Gasteiger charge is 2.17. The number of thiazole rings is 1. The summed E-state index contributed by atoms with van der Waals surface area (Å²) in [5, 5.41) is 7.68. The topological polar surface area (TPSA) is 70.3 Å². The van der Waals surface area contributed by atoms with Crippen LogP contribution in [0, 0.1) is 0 Å². The summed E-state index contributed by atoms with van der Waals surface area (Å²) in [4.78, 5) is 9.12. The third-order valence-corrected chi connectivity index (χ3v) is 5.19.